The van der Waals surface area contributed by atoms with Crippen molar-refractivity contribution in [1.82, 2.24) is 9.80 Å². The van der Waals surface area contributed by atoms with Gasteiger partial charge in [-0.1, -0.05) is 6.07 Å². The number of hydrogen-bond acceptors (Lipinski definition) is 6. The molecule has 8 nitrogen and oxygen atoms in total. The van der Waals surface area contributed by atoms with Crippen LogP contribution < -0.4 is 5.32 Å². The number of thiophene rings is 1. The molecule has 1 saturated heterocycles. The van der Waals surface area contributed by atoms with Gasteiger partial charge in [-0.2, -0.15) is 0 Å². The summed E-state index contributed by atoms with van der Waals surface area (Å²) in [5.41, 5.74) is 1.19. The Hall–Kier alpha value is -2.78. The Bertz CT molecular complexity index is 919. The van der Waals surface area contributed by atoms with Crippen LogP contribution in [0.15, 0.2) is 30.3 Å². The summed E-state index contributed by atoms with van der Waals surface area (Å²) < 4.78 is 0. The first-order chi connectivity index (χ1) is 13.8. The highest BCUT2D eigenvalue weighted by molar-refractivity contribution is 7.13. The lowest BCUT2D eigenvalue weighted by Crippen LogP contribution is -2.49. The maximum absolute atomic E-state index is 12.5. The first kappa shape index (κ1) is 20.9. The van der Waals surface area contributed by atoms with Gasteiger partial charge in [-0.15, -0.1) is 11.3 Å². The SMILES string of the molecule is Cc1ccc(C(=O)N2CCN(CCC(=O)Nc3cc([N+](=O)[O-])ccc3C)CC2)s1. The third kappa shape index (κ3) is 5.39. The van der Waals surface area contributed by atoms with Gasteiger partial charge in [0.05, 0.1) is 15.5 Å². The summed E-state index contributed by atoms with van der Waals surface area (Å²) in [5, 5.41) is 13.7. The molecule has 1 fully saturated rings. The molecule has 0 bridgehead atoms. The average Bonchev–Trinajstić information content (AvgIpc) is 3.14. The van der Waals surface area contributed by atoms with Crippen LogP contribution in [0, 0.1) is 24.0 Å². The minimum atomic E-state index is -0.479. The Morgan fingerprint density at radius 3 is 2.48 bits per heavy atom. The van der Waals surface area contributed by atoms with Gasteiger partial charge in [-0.3, -0.25) is 24.6 Å². The lowest BCUT2D eigenvalue weighted by molar-refractivity contribution is -0.384. The van der Waals surface area contributed by atoms with E-state index in [0.717, 1.165) is 28.4 Å². The Morgan fingerprint density at radius 2 is 1.86 bits per heavy atom. The maximum atomic E-state index is 12.5. The van der Waals surface area contributed by atoms with Crippen molar-refractivity contribution in [1.29, 1.82) is 0 Å². The highest BCUT2D eigenvalue weighted by atomic mass is 32.1. The van der Waals surface area contributed by atoms with E-state index < -0.39 is 4.92 Å². The van der Waals surface area contributed by atoms with Crippen LogP contribution in [0.25, 0.3) is 0 Å². The summed E-state index contributed by atoms with van der Waals surface area (Å²) in [6, 6.07) is 8.25. The summed E-state index contributed by atoms with van der Waals surface area (Å²) in [7, 11) is 0. The highest BCUT2D eigenvalue weighted by Gasteiger charge is 2.23. The highest BCUT2D eigenvalue weighted by Crippen LogP contribution is 2.22. The Kier molecular flexibility index (Phi) is 6.60. The van der Waals surface area contributed by atoms with E-state index in [4.69, 9.17) is 0 Å². The number of nitrogens with zero attached hydrogens (tertiary/aromatic N) is 3. The molecule has 2 amide bonds. The number of amides is 2. The number of aryl methyl sites for hydroxylation is 2. The van der Waals surface area contributed by atoms with E-state index in [0.29, 0.717) is 31.7 Å². The fourth-order valence-corrected chi connectivity index (χ4v) is 4.05. The van der Waals surface area contributed by atoms with Crippen molar-refractivity contribution in [3.05, 3.63) is 55.8 Å². The number of hydrogen-bond donors (Lipinski definition) is 1. The number of piperazine rings is 1. The lowest BCUT2D eigenvalue weighted by atomic mass is 10.1. The van der Waals surface area contributed by atoms with Crippen molar-refractivity contribution in [3.8, 4) is 0 Å². The van der Waals surface area contributed by atoms with E-state index in [1.165, 1.54) is 23.5 Å². The van der Waals surface area contributed by atoms with Crippen molar-refractivity contribution < 1.29 is 14.5 Å². The molecule has 2 aromatic rings. The molecular formula is C20H24N4O4S. The fraction of sp³-hybridized carbons (Fsp3) is 0.400. The van der Waals surface area contributed by atoms with Crippen LogP contribution >= 0.6 is 11.3 Å². The molecular weight excluding hydrogens is 392 g/mol. The largest absolute Gasteiger partial charge is 0.335 e. The van der Waals surface area contributed by atoms with Crippen LogP contribution in [-0.2, 0) is 4.79 Å². The van der Waals surface area contributed by atoms with Gasteiger partial charge in [0.1, 0.15) is 0 Å². The summed E-state index contributed by atoms with van der Waals surface area (Å²) >= 11 is 1.51. The van der Waals surface area contributed by atoms with Gasteiger partial charge in [-0.05, 0) is 31.5 Å². The van der Waals surface area contributed by atoms with Crippen molar-refractivity contribution in [2.75, 3.05) is 38.0 Å². The molecule has 1 aliphatic rings. The van der Waals surface area contributed by atoms with Crippen molar-refractivity contribution in [2.45, 2.75) is 20.3 Å². The van der Waals surface area contributed by atoms with Crippen molar-refractivity contribution in [3.63, 3.8) is 0 Å². The van der Waals surface area contributed by atoms with E-state index in [1.807, 2.05) is 24.0 Å². The molecule has 2 heterocycles. The number of carbonyl (C=O) groups excluding carboxylic acids is 2. The quantitative estimate of drug-likeness (QED) is 0.577. The predicted octanol–water partition coefficient (Wildman–Crippen LogP) is 3.06. The van der Waals surface area contributed by atoms with Gasteiger partial charge in [0.2, 0.25) is 5.91 Å². The van der Waals surface area contributed by atoms with Gasteiger partial charge < -0.3 is 10.2 Å². The van der Waals surface area contributed by atoms with Gasteiger partial charge in [0.25, 0.3) is 11.6 Å². The molecule has 1 aromatic heterocycles. The summed E-state index contributed by atoms with van der Waals surface area (Å²) in [6.07, 6.45) is 0.292. The average molecular weight is 417 g/mol. The van der Waals surface area contributed by atoms with E-state index in [2.05, 4.69) is 10.2 Å². The van der Waals surface area contributed by atoms with E-state index >= 15 is 0 Å². The zero-order valence-electron chi connectivity index (χ0n) is 16.5. The topological polar surface area (TPSA) is 95.8 Å². The fourth-order valence-electron chi connectivity index (χ4n) is 3.21. The zero-order valence-corrected chi connectivity index (χ0v) is 17.3. The molecule has 1 aliphatic heterocycles. The Balaban J connectivity index is 1.45. The molecule has 0 atom stereocenters. The Morgan fingerprint density at radius 1 is 1.14 bits per heavy atom. The minimum Gasteiger partial charge on any atom is -0.335 e. The third-order valence-electron chi connectivity index (χ3n) is 4.97. The molecule has 0 spiro atoms. The van der Waals surface area contributed by atoms with E-state index in [-0.39, 0.29) is 17.5 Å². The third-order valence-corrected chi connectivity index (χ3v) is 5.96. The second-order valence-electron chi connectivity index (χ2n) is 7.10. The van der Waals surface area contributed by atoms with Crippen molar-refractivity contribution in [2.24, 2.45) is 0 Å². The number of nitro groups is 1. The number of benzene rings is 1. The van der Waals surface area contributed by atoms with Gasteiger partial charge in [-0.25, -0.2) is 0 Å². The maximum Gasteiger partial charge on any atom is 0.271 e. The van der Waals surface area contributed by atoms with Crippen LogP contribution in [0.5, 0.6) is 0 Å². The normalized spacial score (nSPS) is 14.6. The second kappa shape index (κ2) is 9.15. The number of anilines is 1. The van der Waals surface area contributed by atoms with Crippen LogP contribution in [0.4, 0.5) is 11.4 Å². The molecule has 0 aliphatic carbocycles. The molecule has 1 aromatic carbocycles. The van der Waals surface area contributed by atoms with Gasteiger partial charge >= 0.3 is 0 Å². The summed E-state index contributed by atoms with van der Waals surface area (Å²) in [5.74, 6) is -0.109. The lowest BCUT2D eigenvalue weighted by Gasteiger charge is -2.34. The first-order valence-corrected chi connectivity index (χ1v) is 10.3. The number of non-ortho nitro benzene ring substituents is 1. The number of nitrogens with one attached hydrogen (secondary N) is 1. The molecule has 9 heteroatoms. The van der Waals surface area contributed by atoms with Crippen LogP contribution in [-0.4, -0.2) is 59.3 Å². The van der Waals surface area contributed by atoms with Crippen LogP contribution in [0.1, 0.15) is 26.5 Å². The van der Waals surface area contributed by atoms with Gasteiger partial charge in [0.15, 0.2) is 0 Å². The minimum absolute atomic E-state index is 0.0485. The van der Waals surface area contributed by atoms with Gasteiger partial charge in [0, 0.05) is 56.2 Å². The van der Waals surface area contributed by atoms with E-state index in [1.54, 1.807) is 13.0 Å². The number of rotatable bonds is 6. The van der Waals surface area contributed by atoms with E-state index in [9.17, 15) is 19.7 Å². The number of carbonyl (C=O) groups is 2. The van der Waals surface area contributed by atoms with Crippen LogP contribution in [0.2, 0.25) is 0 Å². The molecule has 0 saturated carbocycles. The molecule has 0 unspecified atom stereocenters. The molecule has 1 N–H and O–H groups in total. The molecule has 154 valence electrons. The van der Waals surface area contributed by atoms with Crippen LogP contribution in [0.3, 0.4) is 0 Å². The smallest absolute Gasteiger partial charge is 0.271 e. The number of nitro benzene ring substituents is 1. The standard InChI is InChI=1S/C20H24N4O4S/c1-14-3-5-16(24(27)28)13-17(14)21-19(25)7-8-22-9-11-23(12-10-22)20(26)18-6-4-15(2)29-18/h3-6,13H,7-12H2,1-2H3,(H,21,25). The monoisotopic (exact) mass is 416 g/mol. The Labute approximate surface area is 173 Å². The zero-order chi connectivity index (χ0) is 21.0. The first-order valence-electron chi connectivity index (χ1n) is 9.46. The summed E-state index contributed by atoms with van der Waals surface area (Å²) in [4.78, 5) is 41.1. The second-order valence-corrected chi connectivity index (χ2v) is 8.39. The predicted molar refractivity (Wildman–Crippen MR) is 112 cm³/mol. The molecule has 29 heavy (non-hydrogen) atoms. The molecule has 0 radical (unpaired) electrons. The summed E-state index contributed by atoms with van der Waals surface area (Å²) in [6.45, 7) is 7.09. The van der Waals surface area contributed by atoms with Crippen molar-refractivity contribution >= 4 is 34.5 Å². The molecule has 3 rings (SSSR count).